The Morgan fingerprint density at radius 1 is 1.31 bits per heavy atom. The number of nitrogens with two attached hydrogens (primary N) is 1. The molecule has 72 valence electrons. The Morgan fingerprint density at radius 3 is 2.46 bits per heavy atom. The van der Waals surface area contributed by atoms with Gasteiger partial charge < -0.3 is 10.8 Å². The van der Waals surface area contributed by atoms with Gasteiger partial charge in [-0.1, -0.05) is 32.0 Å². The Bertz CT molecular complexity index is 271. The molecule has 1 unspecified atom stereocenters. The maximum Gasteiger partial charge on any atom is 0.0812 e. The second-order valence-corrected chi connectivity index (χ2v) is 3.77. The second-order valence-electron chi connectivity index (χ2n) is 3.77. The van der Waals surface area contributed by atoms with Crippen LogP contribution in [0.1, 0.15) is 31.9 Å². The number of hydrogen-bond donors (Lipinski definition) is 2. The van der Waals surface area contributed by atoms with Crippen molar-refractivity contribution in [3.05, 3.63) is 29.8 Å². The molecule has 0 aliphatic rings. The van der Waals surface area contributed by atoms with Crippen molar-refractivity contribution >= 4 is 5.69 Å². The molecule has 1 rings (SSSR count). The maximum absolute atomic E-state index is 9.79. The van der Waals surface area contributed by atoms with Crippen LogP contribution >= 0.6 is 0 Å². The summed E-state index contributed by atoms with van der Waals surface area (Å²) in [6.07, 6.45) is 0.329. The zero-order chi connectivity index (χ0) is 9.84. The standard InChI is InChI=1S/C11H17NO/c1-8(2)7-11(13)9-5-3-4-6-10(9)12/h3-6,8,11,13H,7,12H2,1-2H3. The molecule has 0 saturated carbocycles. The Hall–Kier alpha value is -1.02. The first-order valence-corrected chi connectivity index (χ1v) is 4.63. The van der Waals surface area contributed by atoms with Crippen LogP contribution in [0.4, 0.5) is 5.69 Å². The SMILES string of the molecule is CC(C)CC(O)c1ccccc1N. The number of hydrogen-bond acceptors (Lipinski definition) is 2. The summed E-state index contributed by atoms with van der Waals surface area (Å²) in [5.41, 5.74) is 7.26. The second kappa shape index (κ2) is 4.28. The third-order valence-electron chi connectivity index (χ3n) is 2.05. The summed E-state index contributed by atoms with van der Waals surface area (Å²) in [6, 6.07) is 7.47. The van der Waals surface area contributed by atoms with E-state index in [-0.39, 0.29) is 0 Å². The van der Waals surface area contributed by atoms with E-state index in [1.165, 1.54) is 0 Å². The highest BCUT2D eigenvalue weighted by Gasteiger charge is 2.11. The highest BCUT2D eigenvalue weighted by molar-refractivity contribution is 5.47. The van der Waals surface area contributed by atoms with Gasteiger partial charge in [-0.2, -0.15) is 0 Å². The van der Waals surface area contributed by atoms with Crippen molar-refractivity contribution in [2.45, 2.75) is 26.4 Å². The molecule has 13 heavy (non-hydrogen) atoms. The summed E-state index contributed by atoms with van der Waals surface area (Å²) in [7, 11) is 0. The van der Waals surface area contributed by atoms with Crippen molar-refractivity contribution in [1.29, 1.82) is 0 Å². The van der Waals surface area contributed by atoms with Gasteiger partial charge in [0.1, 0.15) is 0 Å². The fourth-order valence-corrected chi connectivity index (χ4v) is 1.39. The third kappa shape index (κ3) is 2.74. The summed E-state index contributed by atoms with van der Waals surface area (Å²) in [5, 5.41) is 9.79. The van der Waals surface area contributed by atoms with Crippen LogP contribution < -0.4 is 5.73 Å². The molecule has 3 N–H and O–H groups in total. The van der Waals surface area contributed by atoms with Gasteiger partial charge in [0.05, 0.1) is 6.10 Å². The first-order valence-electron chi connectivity index (χ1n) is 4.63. The van der Waals surface area contributed by atoms with Crippen LogP contribution in [-0.2, 0) is 0 Å². The minimum absolute atomic E-state index is 0.429. The van der Waals surface area contributed by atoms with E-state index in [4.69, 9.17) is 5.73 Å². The Balaban J connectivity index is 2.76. The summed E-state index contributed by atoms with van der Waals surface area (Å²) in [4.78, 5) is 0. The van der Waals surface area contributed by atoms with Crippen molar-refractivity contribution in [3.8, 4) is 0 Å². The monoisotopic (exact) mass is 179 g/mol. The van der Waals surface area contributed by atoms with Crippen molar-refractivity contribution in [2.24, 2.45) is 5.92 Å². The lowest BCUT2D eigenvalue weighted by Gasteiger charge is -2.14. The maximum atomic E-state index is 9.79. The van der Waals surface area contributed by atoms with E-state index in [1.54, 1.807) is 0 Å². The van der Waals surface area contributed by atoms with Gasteiger partial charge in [-0.25, -0.2) is 0 Å². The van der Waals surface area contributed by atoms with Gasteiger partial charge in [-0.05, 0) is 18.4 Å². The lowest BCUT2D eigenvalue weighted by atomic mass is 9.98. The third-order valence-corrected chi connectivity index (χ3v) is 2.05. The Morgan fingerprint density at radius 2 is 1.92 bits per heavy atom. The molecule has 0 radical (unpaired) electrons. The van der Waals surface area contributed by atoms with Crippen LogP contribution in [0.3, 0.4) is 0 Å². The highest BCUT2D eigenvalue weighted by atomic mass is 16.3. The quantitative estimate of drug-likeness (QED) is 0.700. The molecule has 0 aliphatic carbocycles. The molecule has 0 saturated heterocycles. The minimum atomic E-state index is -0.429. The number of anilines is 1. The molecule has 0 amide bonds. The van der Waals surface area contributed by atoms with Gasteiger partial charge in [-0.15, -0.1) is 0 Å². The largest absolute Gasteiger partial charge is 0.398 e. The lowest BCUT2D eigenvalue weighted by Crippen LogP contribution is -2.04. The molecule has 0 fully saturated rings. The van der Waals surface area contributed by atoms with Crippen LogP contribution in [0, 0.1) is 5.92 Å². The first-order chi connectivity index (χ1) is 6.11. The first kappa shape index (κ1) is 10.1. The summed E-state index contributed by atoms with van der Waals surface area (Å²) < 4.78 is 0. The average molecular weight is 179 g/mol. The van der Waals surface area contributed by atoms with Crippen LogP contribution in [0.5, 0.6) is 0 Å². The Labute approximate surface area is 79.4 Å². The van der Waals surface area contributed by atoms with Crippen LogP contribution in [0.15, 0.2) is 24.3 Å². The van der Waals surface area contributed by atoms with E-state index < -0.39 is 6.10 Å². The van der Waals surface area contributed by atoms with Crippen LogP contribution in [0.2, 0.25) is 0 Å². The van der Waals surface area contributed by atoms with Crippen LogP contribution in [-0.4, -0.2) is 5.11 Å². The number of aliphatic hydroxyl groups is 1. The topological polar surface area (TPSA) is 46.2 Å². The van der Waals surface area contributed by atoms with E-state index in [0.29, 0.717) is 11.6 Å². The fraction of sp³-hybridized carbons (Fsp3) is 0.455. The van der Waals surface area contributed by atoms with Gasteiger partial charge >= 0.3 is 0 Å². The lowest BCUT2D eigenvalue weighted by molar-refractivity contribution is 0.152. The molecule has 2 heteroatoms. The molecule has 0 aliphatic heterocycles. The van der Waals surface area contributed by atoms with Gasteiger partial charge in [0.15, 0.2) is 0 Å². The molecule has 1 aromatic carbocycles. The number of para-hydroxylation sites is 1. The molecule has 0 heterocycles. The van der Waals surface area contributed by atoms with Gasteiger partial charge in [0.25, 0.3) is 0 Å². The van der Waals surface area contributed by atoms with Crippen molar-refractivity contribution in [1.82, 2.24) is 0 Å². The summed E-state index contributed by atoms with van der Waals surface area (Å²) in [6.45, 7) is 4.17. The molecule has 0 aromatic heterocycles. The average Bonchev–Trinajstić information content (AvgIpc) is 2.03. The van der Waals surface area contributed by atoms with Gasteiger partial charge in [0, 0.05) is 11.3 Å². The minimum Gasteiger partial charge on any atom is -0.398 e. The number of nitrogen functional groups attached to an aromatic ring is 1. The van der Waals surface area contributed by atoms with E-state index in [9.17, 15) is 5.11 Å². The van der Waals surface area contributed by atoms with Gasteiger partial charge in [0.2, 0.25) is 0 Å². The predicted octanol–water partition coefficient (Wildman–Crippen LogP) is 2.35. The molecule has 1 atom stereocenters. The molecule has 2 nitrogen and oxygen atoms in total. The predicted molar refractivity (Wildman–Crippen MR) is 55.3 cm³/mol. The Kier molecular flexibility index (Phi) is 3.32. The van der Waals surface area contributed by atoms with Gasteiger partial charge in [-0.3, -0.25) is 0 Å². The molecule has 1 aromatic rings. The van der Waals surface area contributed by atoms with E-state index in [0.717, 1.165) is 12.0 Å². The summed E-state index contributed by atoms with van der Waals surface area (Å²) >= 11 is 0. The molecular formula is C11H17NO. The molecule has 0 spiro atoms. The van der Waals surface area contributed by atoms with Crippen molar-refractivity contribution in [2.75, 3.05) is 5.73 Å². The highest BCUT2D eigenvalue weighted by Crippen LogP contribution is 2.25. The normalized spacial score (nSPS) is 13.2. The van der Waals surface area contributed by atoms with E-state index in [1.807, 2.05) is 24.3 Å². The van der Waals surface area contributed by atoms with E-state index >= 15 is 0 Å². The zero-order valence-corrected chi connectivity index (χ0v) is 8.20. The van der Waals surface area contributed by atoms with Crippen molar-refractivity contribution < 1.29 is 5.11 Å². The smallest absolute Gasteiger partial charge is 0.0812 e. The number of rotatable bonds is 3. The summed E-state index contributed by atoms with van der Waals surface area (Å²) in [5.74, 6) is 0.481. The molecule has 0 bridgehead atoms. The van der Waals surface area contributed by atoms with Crippen LogP contribution in [0.25, 0.3) is 0 Å². The molecular weight excluding hydrogens is 162 g/mol. The number of benzene rings is 1. The zero-order valence-electron chi connectivity index (χ0n) is 8.20. The fourth-order valence-electron chi connectivity index (χ4n) is 1.39. The van der Waals surface area contributed by atoms with Crippen molar-refractivity contribution in [3.63, 3.8) is 0 Å². The number of aliphatic hydroxyl groups excluding tert-OH is 1. The van der Waals surface area contributed by atoms with E-state index in [2.05, 4.69) is 13.8 Å².